The summed E-state index contributed by atoms with van der Waals surface area (Å²) in [5.74, 6) is -0.697. The van der Waals surface area contributed by atoms with Gasteiger partial charge in [0.25, 0.3) is 10.1 Å². The minimum atomic E-state index is -4.89. The lowest BCUT2D eigenvalue weighted by atomic mass is 10.1. The van der Waals surface area contributed by atoms with Gasteiger partial charge in [0, 0.05) is 12.1 Å². The lowest BCUT2D eigenvalue weighted by Crippen LogP contribution is -2.06. The van der Waals surface area contributed by atoms with E-state index >= 15 is 0 Å². The molecule has 0 aliphatic carbocycles. The second-order valence-electron chi connectivity index (χ2n) is 9.93. The number of fused-ring (bicyclic) bond motifs is 1. The van der Waals surface area contributed by atoms with E-state index < -0.39 is 46.1 Å². The molecule has 4 N–H and O–H groups in total. The van der Waals surface area contributed by atoms with Crippen molar-refractivity contribution >= 4 is 69.0 Å². The van der Waals surface area contributed by atoms with Crippen LogP contribution in [-0.2, 0) is 29.8 Å². The summed E-state index contributed by atoms with van der Waals surface area (Å²) in [4.78, 5) is -0.721. The van der Waals surface area contributed by atoms with Gasteiger partial charge in [0.1, 0.15) is 38.4 Å². The van der Waals surface area contributed by atoms with E-state index in [1.54, 1.807) is 6.92 Å². The van der Waals surface area contributed by atoms with Crippen molar-refractivity contribution in [3.63, 3.8) is 0 Å². The number of aromatic hydroxyl groups is 1. The van der Waals surface area contributed by atoms with Crippen LogP contribution in [-0.4, -0.2) is 60.6 Å². The highest BCUT2D eigenvalue weighted by Gasteiger charge is 2.24. The van der Waals surface area contributed by atoms with Gasteiger partial charge in [-0.25, -0.2) is 16.8 Å². The van der Waals surface area contributed by atoms with Crippen molar-refractivity contribution in [1.82, 2.24) is 0 Å². The van der Waals surface area contributed by atoms with Crippen LogP contribution in [0, 0.1) is 0 Å². The molecule has 18 heteroatoms. The number of phenolic OH excluding ortho intramolecular Hbond substituents is 1. The third-order valence-corrected chi connectivity index (χ3v) is 11.4. The molecule has 0 fully saturated rings. The summed E-state index contributed by atoms with van der Waals surface area (Å²) in [5.41, 5.74) is 5.52. The number of nitrogen functional groups attached to an aromatic ring is 1. The smallest absolute Gasteiger partial charge is 0.296 e. The largest absolute Gasteiger partial charge is 0.505 e. The number of nitrogens with two attached hydrogens (primary N) is 1. The standard InChI is InChI=1S/C29H31N5O10S3/c1-5-13-46(38,39)19-10-8-18(9-11-19)31-34-28-25(47(40,41)42)14-17-7-12-20(29(35)26(17)27(28)30)32-33-21-15-23(44-4)24(16-22(21)43-3)45(36,37)6-2/h7-12,14-16,35H,5-6,13,30H2,1-4H3,(H,40,41,42). The van der Waals surface area contributed by atoms with Crippen LogP contribution in [0.2, 0.25) is 0 Å². The Morgan fingerprint density at radius 1 is 0.745 bits per heavy atom. The number of hydrogen-bond donors (Lipinski definition) is 3. The summed E-state index contributed by atoms with van der Waals surface area (Å²) in [5, 5.41) is 27.2. The van der Waals surface area contributed by atoms with Crippen LogP contribution in [0.1, 0.15) is 20.3 Å². The summed E-state index contributed by atoms with van der Waals surface area (Å²) in [6.45, 7) is 3.22. The normalized spacial score (nSPS) is 12.7. The van der Waals surface area contributed by atoms with Crippen molar-refractivity contribution in [2.45, 2.75) is 35.0 Å². The second kappa shape index (κ2) is 13.6. The van der Waals surface area contributed by atoms with Crippen molar-refractivity contribution in [2.75, 3.05) is 31.5 Å². The maximum atomic E-state index is 12.5. The molecule has 0 atom stereocenters. The number of benzene rings is 4. The molecule has 47 heavy (non-hydrogen) atoms. The Balaban J connectivity index is 1.82. The molecule has 0 heterocycles. The van der Waals surface area contributed by atoms with Crippen molar-refractivity contribution in [3.05, 3.63) is 54.6 Å². The van der Waals surface area contributed by atoms with E-state index in [1.165, 1.54) is 69.7 Å². The fraction of sp³-hybridized carbons (Fsp3) is 0.241. The number of sulfone groups is 2. The summed E-state index contributed by atoms with van der Waals surface area (Å²) in [7, 11) is -9.45. The number of nitrogens with zero attached hydrogens (tertiary/aromatic N) is 4. The first kappa shape index (κ1) is 35.2. The van der Waals surface area contributed by atoms with Gasteiger partial charge in [0.05, 0.1) is 47.4 Å². The molecule has 0 aromatic heterocycles. The molecule has 0 radical (unpaired) electrons. The van der Waals surface area contributed by atoms with E-state index in [4.69, 9.17) is 15.2 Å². The van der Waals surface area contributed by atoms with E-state index in [2.05, 4.69) is 20.5 Å². The quantitative estimate of drug-likeness (QED) is 0.0852. The molecule has 0 saturated heterocycles. The first-order chi connectivity index (χ1) is 22.1. The predicted octanol–water partition coefficient (Wildman–Crippen LogP) is 6.20. The predicted molar refractivity (Wildman–Crippen MR) is 174 cm³/mol. The van der Waals surface area contributed by atoms with Crippen molar-refractivity contribution in [2.24, 2.45) is 20.5 Å². The summed E-state index contributed by atoms with van der Waals surface area (Å²) >= 11 is 0. The number of methoxy groups -OCH3 is 2. The third-order valence-electron chi connectivity index (χ3n) is 6.89. The molecular weight excluding hydrogens is 675 g/mol. The van der Waals surface area contributed by atoms with Gasteiger partial charge >= 0.3 is 0 Å². The zero-order valence-electron chi connectivity index (χ0n) is 25.6. The van der Waals surface area contributed by atoms with Crippen LogP contribution in [0.25, 0.3) is 10.8 Å². The molecule has 4 aromatic carbocycles. The summed E-state index contributed by atoms with van der Waals surface area (Å²) in [6, 6.07) is 11.7. The molecule has 0 aliphatic heterocycles. The molecule has 4 aromatic rings. The van der Waals surface area contributed by atoms with Crippen LogP contribution >= 0.6 is 0 Å². The molecule has 0 aliphatic rings. The molecular formula is C29H31N5O10S3. The van der Waals surface area contributed by atoms with Gasteiger partial charge in [0.15, 0.2) is 25.4 Å². The molecule has 4 rings (SSSR count). The fourth-order valence-corrected chi connectivity index (χ4v) is 7.53. The molecule has 250 valence electrons. The molecule has 0 unspecified atom stereocenters. The van der Waals surface area contributed by atoms with Gasteiger partial charge in [-0.1, -0.05) is 19.9 Å². The van der Waals surface area contributed by atoms with Gasteiger partial charge in [-0.3, -0.25) is 4.55 Å². The van der Waals surface area contributed by atoms with E-state index in [9.17, 15) is 34.9 Å². The van der Waals surface area contributed by atoms with Gasteiger partial charge in [-0.2, -0.15) is 13.5 Å². The average molecular weight is 706 g/mol. The Hall–Kier alpha value is -4.65. The summed E-state index contributed by atoms with van der Waals surface area (Å²) in [6.07, 6.45) is 0.431. The van der Waals surface area contributed by atoms with Crippen molar-refractivity contribution in [1.29, 1.82) is 0 Å². The molecule has 0 amide bonds. The maximum Gasteiger partial charge on any atom is 0.296 e. The zero-order chi connectivity index (χ0) is 34.7. The highest BCUT2D eigenvalue weighted by atomic mass is 32.2. The van der Waals surface area contributed by atoms with Crippen LogP contribution in [0.4, 0.5) is 28.4 Å². The highest BCUT2D eigenvalue weighted by Crippen LogP contribution is 2.46. The average Bonchev–Trinajstić information content (AvgIpc) is 3.03. The monoisotopic (exact) mass is 705 g/mol. The molecule has 0 bridgehead atoms. The van der Waals surface area contributed by atoms with Gasteiger partial charge < -0.3 is 20.3 Å². The van der Waals surface area contributed by atoms with Crippen LogP contribution in [0.5, 0.6) is 17.2 Å². The van der Waals surface area contributed by atoms with Gasteiger partial charge in [0.2, 0.25) is 0 Å². The topological polar surface area (TPSA) is 237 Å². The van der Waals surface area contributed by atoms with E-state index in [0.29, 0.717) is 6.42 Å². The van der Waals surface area contributed by atoms with E-state index in [1.807, 2.05) is 0 Å². The molecule has 0 saturated carbocycles. The lowest BCUT2D eigenvalue weighted by Gasteiger charge is -2.13. The summed E-state index contributed by atoms with van der Waals surface area (Å²) < 4.78 is 94.7. The number of rotatable bonds is 12. The number of azo groups is 2. The van der Waals surface area contributed by atoms with Crippen LogP contribution < -0.4 is 15.2 Å². The zero-order valence-corrected chi connectivity index (χ0v) is 28.0. The van der Waals surface area contributed by atoms with E-state index in [0.717, 1.165) is 6.07 Å². The minimum absolute atomic E-state index is 0.00135. The molecule has 15 nitrogen and oxygen atoms in total. The Morgan fingerprint density at radius 3 is 1.96 bits per heavy atom. The van der Waals surface area contributed by atoms with Gasteiger partial charge in [-0.15, -0.1) is 15.3 Å². The minimum Gasteiger partial charge on any atom is -0.505 e. The maximum absolute atomic E-state index is 12.5. The Morgan fingerprint density at radius 2 is 1.38 bits per heavy atom. The fourth-order valence-electron chi connectivity index (χ4n) is 4.49. The highest BCUT2D eigenvalue weighted by molar-refractivity contribution is 7.91. The van der Waals surface area contributed by atoms with Crippen LogP contribution in [0.15, 0.2) is 89.7 Å². The van der Waals surface area contributed by atoms with Crippen LogP contribution in [0.3, 0.4) is 0 Å². The SMILES string of the molecule is CCCS(=O)(=O)c1ccc(N=Nc2c(S(=O)(=O)O)cc3ccc(N=Nc4cc(OC)c(S(=O)(=O)CC)cc4OC)c(O)c3c2N)cc1. The third kappa shape index (κ3) is 7.35. The first-order valence-corrected chi connectivity index (χ1v) is 18.5. The number of hydrogen-bond acceptors (Lipinski definition) is 14. The second-order valence-corrected chi connectivity index (χ2v) is 15.7. The van der Waals surface area contributed by atoms with Crippen molar-refractivity contribution in [3.8, 4) is 17.2 Å². The first-order valence-electron chi connectivity index (χ1n) is 13.8. The van der Waals surface area contributed by atoms with Gasteiger partial charge in [-0.05, 0) is 48.2 Å². The number of phenols is 1. The Labute approximate surface area is 271 Å². The Kier molecular flexibility index (Phi) is 10.2. The van der Waals surface area contributed by atoms with E-state index in [-0.39, 0.29) is 66.3 Å². The number of anilines is 1. The number of ether oxygens (including phenoxy) is 2. The Bertz CT molecular complexity index is 2240. The molecule has 0 spiro atoms. The van der Waals surface area contributed by atoms with Crippen molar-refractivity contribution < 1.29 is 44.4 Å². The lowest BCUT2D eigenvalue weighted by molar-refractivity contribution is 0.393.